The van der Waals surface area contributed by atoms with Crippen molar-refractivity contribution < 1.29 is 23.1 Å². The molecule has 0 unspecified atom stereocenters. The topological polar surface area (TPSA) is 104 Å². The lowest BCUT2D eigenvalue weighted by Gasteiger charge is -2.15. The summed E-state index contributed by atoms with van der Waals surface area (Å²) in [4.78, 5) is 24.0. The maximum atomic E-state index is 13.0. The van der Waals surface area contributed by atoms with Crippen molar-refractivity contribution in [2.45, 2.75) is 37.5 Å². The second-order valence-electron chi connectivity index (χ2n) is 7.06. The van der Waals surface area contributed by atoms with Crippen LogP contribution in [0.1, 0.15) is 37.3 Å². The summed E-state index contributed by atoms with van der Waals surface area (Å²) in [6.07, 6.45) is 1.37. The van der Waals surface area contributed by atoms with Crippen LogP contribution in [-0.2, 0) is 26.0 Å². The lowest BCUT2D eigenvalue weighted by molar-refractivity contribution is -0.137. The van der Waals surface area contributed by atoms with Crippen LogP contribution >= 0.6 is 11.6 Å². The third-order valence-corrected chi connectivity index (χ3v) is 6.38. The van der Waals surface area contributed by atoms with Crippen molar-refractivity contribution in [2.24, 2.45) is 0 Å². The number of rotatable bonds is 6. The van der Waals surface area contributed by atoms with E-state index in [0.717, 1.165) is 11.3 Å². The van der Waals surface area contributed by atoms with Crippen molar-refractivity contribution >= 4 is 44.9 Å². The summed E-state index contributed by atoms with van der Waals surface area (Å²) < 4.78 is 28.5. The summed E-state index contributed by atoms with van der Waals surface area (Å²) in [7, 11) is -3.90. The number of anilines is 2. The fourth-order valence-electron chi connectivity index (χ4n) is 3.27. The fraction of sp³-hybridized carbons (Fsp3) is 0.273. The van der Waals surface area contributed by atoms with Crippen LogP contribution in [0, 0.1) is 11.8 Å². The lowest BCUT2D eigenvalue weighted by atomic mass is 10.1. The Hall–Kier alpha value is -3.02. The molecule has 0 atom stereocenters. The minimum absolute atomic E-state index is 0.0170. The van der Waals surface area contributed by atoms with E-state index in [0.29, 0.717) is 36.4 Å². The van der Waals surface area contributed by atoms with Gasteiger partial charge in [-0.15, -0.1) is 0 Å². The van der Waals surface area contributed by atoms with Gasteiger partial charge in [-0.3, -0.25) is 14.3 Å². The number of halogens is 1. The number of amides is 1. The van der Waals surface area contributed by atoms with Gasteiger partial charge < -0.3 is 10.0 Å². The van der Waals surface area contributed by atoms with E-state index in [2.05, 4.69) is 16.6 Å². The average molecular weight is 461 g/mol. The van der Waals surface area contributed by atoms with Crippen LogP contribution in [0.3, 0.4) is 0 Å². The molecule has 9 heteroatoms. The molecule has 0 saturated heterocycles. The predicted molar refractivity (Wildman–Crippen MR) is 119 cm³/mol. The molecule has 1 aliphatic heterocycles. The summed E-state index contributed by atoms with van der Waals surface area (Å²) in [6, 6.07) is 9.33. The summed E-state index contributed by atoms with van der Waals surface area (Å²) in [6.45, 7) is 2.01. The standard InChI is InChI=1S/C22H21ClN2O5S/c1-15(26)25-12-11-17-14-19(8-10-21(17)25)31(29,30)24-20-9-7-18(23)13-16(20)5-3-2-4-6-22(27)28/h7-10,13-14,24H,2,4,6,11-12H2,1H3,(H,27,28). The van der Waals surface area contributed by atoms with E-state index in [1.54, 1.807) is 29.2 Å². The number of hydrogen-bond donors (Lipinski definition) is 2. The highest BCUT2D eigenvalue weighted by Gasteiger charge is 2.25. The van der Waals surface area contributed by atoms with E-state index in [9.17, 15) is 18.0 Å². The number of hydrogen-bond acceptors (Lipinski definition) is 4. The summed E-state index contributed by atoms with van der Waals surface area (Å²) in [5.74, 6) is 4.75. The van der Waals surface area contributed by atoms with Crippen LogP contribution in [0.5, 0.6) is 0 Å². The van der Waals surface area contributed by atoms with Gasteiger partial charge in [-0.1, -0.05) is 23.4 Å². The van der Waals surface area contributed by atoms with Gasteiger partial charge in [0.15, 0.2) is 0 Å². The molecule has 2 aromatic rings. The van der Waals surface area contributed by atoms with Crippen LogP contribution < -0.4 is 9.62 Å². The minimum Gasteiger partial charge on any atom is -0.481 e. The zero-order valence-electron chi connectivity index (χ0n) is 16.8. The second kappa shape index (κ2) is 9.41. The molecular formula is C22H21ClN2O5S. The quantitative estimate of drug-likeness (QED) is 0.505. The van der Waals surface area contributed by atoms with Gasteiger partial charge >= 0.3 is 5.97 Å². The molecule has 0 bridgehead atoms. The fourth-order valence-corrected chi connectivity index (χ4v) is 4.57. The minimum atomic E-state index is -3.90. The Morgan fingerprint density at radius 1 is 1.23 bits per heavy atom. The van der Waals surface area contributed by atoms with Gasteiger partial charge in [0.1, 0.15) is 0 Å². The first-order valence-corrected chi connectivity index (χ1v) is 11.5. The summed E-state index contributed by atoms with van der Waals surface area (Å²) in [5, 5.41) is 9.09. The lowest BCUT2D eigenvalue weighted by Crippen LogP contribution is -2.25. The monoisotopic (exact) mass is 460 g/mol. The molecule has 1 heterocycles. The Bertz CT molecular complexity index is 1200. The van der Waals surface area contributed by atoms with E-state index in [4.69, 9.17) is 16.7 Å². The van der Waals surface area contributed by atoms with Gasteiger partial charge in [0.2, 0.25) is 5.91 Å². The van der Waals surface area contributed by atoms with E-state index in [1.807, 2.05) is 0 Å². The number of carbonyl (C=O) groups is 2. The van der Waals surface area contributed by atoms with E-state index in [1.165, 1.54) is 19.1 Å². The van der Waals surface area contributed by atoms with Crippen LogP contribution in [0.2, 0.25) is 5.02 Å². The van der Waals surface area contributed by atoms with Crippen molar-refractivity contribution in [1.29, 1.82) is 0 Å². The van der Waals surface area contributed by atoms with Gasteiger partial charge in [-0.05, 0) is 54.8 Å². The highest BCUT2D eigenvalue weighted by atomic mass is 35.5. The highest BCUT2D eigenvalue weighted by molar-refractivity contribution is 7.92. The molecule has 0 spiro atoms. The van der Waals surface area contributed by atoms with Gasteiger partial charge in [-0.25, -0.2) is 8.42 Å². The Balaban J connectivity index is 1.83. The molecule has 2 N–H and O–H groups in total. The summed E-state index contributed by atoms with van der Waals surface area (Å²) in [5.41, 5.74) is 2.20. The molecule has 0 aromatic heterocycles. The highest BCUT2D eigenvalue weighted by Crippen LogP contribution is 2.31. The van der Waals surface area contributed by atoms with Crippen molar-refractivity contribution in [3.63, 3.8) is 0 Å². The van der Waals surface area contributed by atoms with E-state index >= 15 is 0 Å². The number of unbranched alkanes of at least 4 members (excludes halogenated alkanes) is 1. The smallest absolute Gasteiger partial charge is 0.303 e. The van der Waals surface area contributed by atoms with E-state index < -0.39 is 16.0 Å². The molecule has 2 aromatic carbocycles. The molecule has 3 rings (SSSR count). The Morgan fingerprint density at radius 2 is 2.00 bits per heavy atom. The third-order valence-electron chi connectivity index (χ3n) is 4.78. The van der Waals surface area contributed by atoms with Crippen molar-refractivity contribution in [3.05, 3.63) is 52.5 Å². The molecule has 162 valence electrons. The summed E-state index contributed by atoms with van der Waals surface area (Å²) >= 11 is 6.03. The van der Waals surface area contributed by atoms with Crippen LogP contribution in [-0.4, -0.2) is 31.9 Å². The molecule has 31 heavy (non-hydrogen) atoms. The Morgan fingerprint density at radius 3 is 2.71 bits per heavy atom. The molecule has 0 aliphatic carbocycles. The maximum absolute atomic E-state index is 13.0. The zero-order chi connectivity index (χ0) is 22.6. The van der Waals surface area contributed by atoms with Crippen molar-refractivity contribution in [2.75, 3.05) is 16.2 Å². The number of fused-ring (bicyclic) bond motifs is 1. The number of sulfonamides is 1. The number of carboxylic acids is 1. The van der Waals surface area contributed by atoms with Crippen LogP contribution in [0.4, 0.5) is 11.4 Å². The number of carboxylic acid groups (broad SMARTS) is 1. The van der Waals surface area contributed by atoms with Gasteiger partial charge in [-0.2, -0.15) is 0 Å². The molecule has 7 nitrogen and oxygen atoms in total. The first kappa shape index (κ1) is 22.7. The van der Waals surface area contributed by atoms with Crippen molar-refractivity contribution in [3.8, 4) is 11.8 Å². The average Bonchev–Trinajstić information content (AvgIpc) is 3.13. The molecule has 0 saturated carbocycles. The molecule has 1 aliphatic rings. The second-order valence-corrected chi connectivity index (χ2v) is 9.17. The number of aliphatic carboxylic acids is 1. The third kappa shape index (κ3) is 5.57. The Labute approximate surface area is 186 Å². The number of nitrogens with zero attached hydrogens (tertiary/aromatic N) is 1. The number of benzene rings is 2. The Kier molecular flexibility index (Phi) is 6.88. The predicted octanol–water partition coefficient (Wildman–Crippen LogP) is 3.66. The SMILES string of the molecule is CC(=O)N1CCc2cc(S(=O)(=O)Nc3ccc(Cl)cc3C#CCCCC(=O)O)ccc21. The number of carbonyl (C=O) groups excluding carboxylic acids is 1. The van der Waals surface area contributed by atoms with Crippen molar-refractivity contribution in [1.82, 2.24) is 0 Å². The molecule has 1 amide bonds. The largest absolute Gasteiger partial charge is 0.481 e. The number of nitrogens with one attached hydrogen (secondary N) is 1. The van der Waals surface area contributed by atoms with Gasteiger partial charge in [0.25, 0.3) is 10.0 Å². The van der Waals surface area contributed by atoms with Crippen LogP contribution in [0.15, 0.2) is 41.3 Å². The first-order valence-electron chi connectivity index (χ1n) is 9.61. The normalized spacial score (nSPS) is 12.6. The molecular weight excluding hydrogens is 440 g/mol. The molecule has 0 radical (unpaired) electrons. The first-order chi connectivity index (χ1) is 14.7. The van der Waals surface area contributed by atoms with E-state index in [-0.39, 0.29) is 22.9 Å². The zero-order valence-corrected chi connectivity index (χ0v) is 18.4. The maximum Gasteiger partial charge on any atom is 0.303 e. The van der Waals surface area contributed by atoms with Gasteiger partial charge in [0.05, 0.1) is 16.1 Å². The van der Waals surface area contributed by atoms with Gasteiger partial charge in [0, 0.05) is 37.0 Å². The van der Waals surface area contributed by atoms with Crippen LogP contribution in [0.25, 0.3) is 0 Å². The molecule has 0 fully saturated rings.